The van der Waals surface area contributed by atoms with E-state index in [0.29, 0.717) is 18.4 Å². The zero-order valence-electron chi connectivity index (χ0n) is 11.0. The molecule has 1 unspecified atom stereocenters. The van der Waals surface area contributed by atoms with Gasteiger partial charge >= 0.3 is 0 Å². The molecule has 1 aromatic heterocycles. The van der Waals surface area contributed by atoms with Gasteiger partial charge in [0.2, 0.25) is 0 Å². The van der Waals surface area contributed by atoms with Crippen molar-refractivity contribution in [1.82, 2.24) is 0 Å². The highest BCUT2D eigenvalue weighted by Crippen LogP contribution is 2.46. The number of alkyl halides is 6. The normalized spacial score (nSPS) is 21.0. The van der Waals surface area contributed by atoms with Gasteiger partial charge in [-0.05, 0) is 12.2 Å². The predicted octanol–water partition coefficient (Wildman–Crippen LogP) is 5.94. The van der Waals surface area contributed by atoms with Crippen LogP contribution in [-0.4, -0.2) is 29.2 Å². The Bertz CT molecular complexity index is 701. The molecule has 2 aliphatic rings. The Balaban J connectivity index is 2.03. The first-order chi connectivity index (χ1) is 10.7. The molecule has 5 nitrogen and oxygen atoms in total. The highest BCUT2D eigenvalue weighted by molar-refractivity contribution is 9.40. The van der Waals surface area contributed by atoms with Crippen molar-refractivity contribution >= 4 is 120 Å². The molecule has 3 heterocycles. The Morgan fingerprint density at radius 1 is 1.17 bits per heavy atom. The zero-order chi connectivity index (χ0) is 16.8. The van der Waals surface area contributed by atoms with Gasteiger partial charge < -0.3 is 14.1 Å². The third-order valence-corrected chi connectivity index (χ3v) is 5.30. The molecule has 0 radical (unpaired) electrons. The lowest BCUT2D eigenvalue weighted by Crippen LogP contribution is -2.45. The van der Waals surface area contributed by atoms with E-state index in [9.17, 15) is 0 Å². The van der Waals surface area contributed by atoms with E-state index < -0.39 is 4.29 Å². The maximum atomic E-state index is 5.50. The quantitative estimate of drug-likeness (QED) is 0.341. The lowest BCUT2D eigenvalue weighted by Gasteiger charge is -2.35. The fraction of sp³-hybridized carbons (Fsp3) is 0.333. The average molecular weight is 705 g/mol. The molecule has 1 aromatic rings. The van der Waals surface area contributed by atoms with Crippen molar-refractivity contribution in [1.29, 1.82) is 0 Å². The Hall–Kier alpha value is 0.840. The lowest BCUT2D eigenvalue weighted by molar-refractivity contribution is 0.268. The number of halogens is 6. The predicted molar refractivity (Wildman–Crippen MR) is 114 cm³/mol. The standard InChI is InChI=1S/C12H7Br6N3O2/c13-11(14,15)9-19-5-21(10(20-9)12(16,17)18)7-4-23-8-6(7)2-1-3-22-8/h1-2,4-5,10H,3H2. The molecule has 0 aromatic carbocycles. The van der Waals surface area contributed by atoms with E-state index in [1.54, 1.807) is 12.6 Å². The summed E-state index contributed by atoms with van der Waals surface area (Å²) in [7, 11) is 0. The summed E-state index contributed by atoms with van der Waals surface area (Å²) in [6.45, 7) is 0.498. The molecule has 0 aliphatic carbocycles. The van der Waals surface area contributed by atoms with Crippen LogP contribution in [0.4, 0.5) is 5.69 Å². The Morgan fingerprint density at radius 2 is 1.91 bits per heavy atom. The highest BCUT2D eigenvalue weighted by Gasteiger charge is 2.41. The molecule has 0 N–H and O–H groups in total. The lowest BCUT2D eigenvalue weighted by atomic mass is 10.2. The number of furan rings is 1. The van der Waals surface area contributed by atoms with Gasteiger partial charge in [-0.25, -0.2) is 9.98 Å². The number of hydrogen-bond acceptors (Lipinski definition) is 5. The van der Waals surface area contributed by atoms with Crippen molar-refractivity contribution in [2.45, 2.75) is 10.5 Å². The summed E-state index contributed by atoms with van der Waals surface area (Å²) >= 11 is 21.0. The van der Waals surface area contributed by atoms with E-state index >= 15 is 0 Å². The maximum absolute atomic E-state index is 5.50. The van der Waals surface area contributed by atoms with E-state index in [4.69, 9.17) is 9.15 Å². The maximum Gasteiger partial charge on any atom is 0.294 e. The number of aliphatic imine (C=N–C) groups is 2. The van der Waals surface area contributed by atoms with Crippen LogP contribution in [0.3, 0.4) is 0 Å². The summed E-state index contributed by atoms with van der Waals surface area (Å²) in [5.41, 5.74) is 1.66. The Kier molecular flexibility index (Phi) is 5.56. The zero-order valence-corrected chi connectivity index (χ0v) is 20.5. The fourth-order valence-corrected chi connectivity index (χ4v) is 3.64. The summed E-state index contributed by atoms with van der Waals surface area (Å²) in [6.07, 6.45) is 6.82. The van der Waals surface area contributed by atoms with Crippen LogP contribution < -0.4 is 9.64 Å². The molecule has 1 atom stereocenters. The highest BCUT2D eigenvalue weighted by atomic mass is 80.0. The second kappa shape index (κ2) is 6.86. The minimum Gasteiger partial charge on any atom is -0.460 e. The van der Waals surface area contributed by atoms with Crippen LogP contribution in [0, 0.1) is 0 Å². The number of hydrogen-bond donors (Lipinski definition) is 0. The monoisotopic (exact) mass is 699 g/mol. The first-order valence-corrected chi connectivity index (χ1v) is 10.9. The van der Waals surface area contributed by atoms with Crippen LogP contribution in [0.1, 0.15) is 5.56 Å². The molecule has 0 amide bonds. The molecule has 0 bridgehead atoms. The number of fused-ring (bicyclic) bond motifs is 1. The molecule has 0 fully saturated rings. The van der Waals surface area contributed by atoms with Crippen molar-refractivity contribution in [3.05, 3.63) is 17.9 Å². The van der Waals surface area contributed by atoms with Crippen molar-refractivity contribution in [3.63, 3.8) is 0 Å². The van der Waals surface area contributed by atoms with Crippen LogP contribution in [0.25, 0.3) is 6.08 Å². The molecule has 0 saturated carbocycles. The molecule has 124 valence electrons. The van der Waals surface area contributed by atoms with Crippen molar-refractivity contribution in [2.24, 2.45) is 9.98 Å². The fourth-order valence-electron chi connectivity index (χ4n) is 2.06. The van der Waals surface area contributed by atoms with Gasteiger partial charge in [0.25, 0.3) is 5.95 Å². The van der Waals surface area contributed by atoms with Crippen molar-refractivity contribution in [2.75, 3.05) is 11.5 Å². The summed E-state index contributed by atoms with van der Waals surface area (Å²) in [5.74, 6) is 1.02. The molecule has 11 heteroatoms. The molecule has 23 heavy (non-hydrogen) atoms. The molecule has 0 spiro atoms. The average Bonchev–Trinajstić information content (AvgIpc) is 2.88. The minimum atomic E-state index is -0.703. The van der Waals surface area contributed by atoms with Gasteiger partial charge in [0.05, 0.1) is 17.6 Å². The number of nitrogens with zero attached hydrogens (tertiary/aromatic N) is 3. The summed E-state index contributed by atoms with van der Waals surface area (Å²) in [6, 6.07) is 0. The molecular formula is C12H7Br6N3O2. The van der Waals surface area contributed by atoms with Crippen molar-refractivity contribution in [3.8, 4) is 5.95 Å². The first kappa shape index (κ1) is 18.6. The van der Waals surface area contributed by atoms with Gasteiger partial charge in [0.1, 0.15) is 12.9 Å². The van der Waals surface area contributed by atoms with Gasteiger partial charge in [0.15, 0.2) is 16.3 Å². The number of amidine groups is 1. The number of ether oxygens (including phenoxy) is 1. The van der Waals surface area contributed by atoms with E-state index in [1.807, 2.05) is 17.1 Å². The van der Waals surface area contributed by atoms with Crippen LogP contribution >= 0.6 is 95.6 Å². The molecule has 3 rings (SSSR count). The number of rotatable bonds is 1. The minimum absolute atomic E-state index is 0.390. The molecule has 0 saturated heterocycles. The largest absolute Gasteiger partial charge is 0.460 e. The van der Waals surface area contributed by atoms with Crippen LogP contribution in [0.5, 0.6) is 5.95 Å². The van der Waals surface area contributed by atoms with Crippen LogP contribution in [0.2, 0.25) is 0 Å². The smallest absolute Gasteiger partial charge is 0.294 e. The molecular weight excluding hydrogens is 698 g/mol. The third kappa shape index (κ3) is 3.99. The van der Waals surface area contributed by atoms with Gasteiger partial charge in [0, 0.05) is 0 Å². The second-order valence-electron chi connectivity index (χ2n) is 4.55. The second-order valence-corrected chi connectivity index (χ2v) is 18.3. The van der Waals surface area contributed by atoms with Gasteiger partial charge in [-0.2, -0.15) is 0 Å². The third-order valence-electron chi connectivity index (χ3n) is 3.01. The topological polar surface area (TPSA) is 50.3 Å². The van der Waals surface area contributed by atoms with Crippen LogP contribution in [0.15, 0.2) is 26.7 Å². The van der Waals surface area contributed by atoms with Crippen molar-refractivity contribution < 1.29 is 9.15 Å². The van der Waals surface area contributed by atoms with Gasteiger partial charge in [-0.15, -0.1) is 0 Å². The van der Waals surface area contributed by atoms with Gasteiger partial charge in [-0.1, -0.05) is 95.6 Å². The summed E-state index contributed by atoms with van der Waals surface area (Å²) in [4.78, 5) is 10.9. The summed E-state index contributed by atoms with van der Waals surface area (Å²) < 4.78 is 9.59. The molecule has 2 aliphatic heterocycles. The van der Waals surface area contributed by atoms with E-state index in [0.717, 1.165) is 11.3 Å². The summed E-state index contributed by atoms with van der Waals surface area (Å²) in [5, 5.41) is 0. The van der Waals surface area contributed by atoms with E-state index in [1.165, 1.54) is 0 Å². The van der Waals surface area contributed by atoms with Gasteiger partial charge in [-0.3, -0.25) is 0 Å². The van der Waals surface area contributed by atoms with E-state index in [2.05, 4.69) is 106 Å². The SMILES string of the molecule is BrC(Br)(Br)C1=NC(C(Br)(Br)Br)N(c2coc3c2C=CCO3)C=N1. The first-order valence-electron chi connectivity index (χ1n) is 6.13. The Morgan fingerprint density at radius 3 is 2.57 bits per heavy atom. The number of anilines is 1. The Labute approximate surface area is 182 Å². The van der Waals surface area contributed by atoms with Crippen LogP contribution in [-0.2, 0) is 0 Å². The van der Waals surface area contributed by atoms with E-state index in [-0.39, 0.29) is 6.17 Å².